The van der Waals surface area contributed by atoms with Crippen LogP contribution in [0.3, 0.4) is 0 Å². The molecule has 0 aliphatic carbocycles. The quantitative estimate of drug-likeness (QED) is 0.668. The molecule has 1 aliphatic rings. The number of aryl methyl sites for hydroxylation is 1. The Morgan fingerprint density at radius 3 is 2.62 bits per heavy atom. The van der Waals surface area contributed by atoms with Crippen LogP contribution in [0.1, 0.15) is 41.7 Å². The molecule has 1 atom stereocenters. The molecule has 2 aromatic carbocycles. The standard InChI is InChI=1S/C22H27N5O2/c1-3-27-20-11-8-17(14-19(20)24-25-27)22(28)23-15-21(26-12-4-5-13-26)16-6-9-18(29-2)10-7-16/h6-11,14,21H,3-5,12-13,15H2,1-2H3,(H,23,28). The molecule has 1 amide bonds. The molecule has 29 heavy (non-hydrogen) atoms. The maximum atomic E-state index is 12.8. The van der Waals surface area contributed by atoms with E-state index in [2.05, 4.69) is 32.7 Å². The van der Waals surface area contributed by atoms with Gasteiger partial charge >= 0.3 is 0 Å². The number of rotatable bonds is 7. The first-order valence-electron chi connectivity index (χ1n) is 10.2. The average molecular weight is 393 g/mol. The summed E-state index contributed by atoms with van der Waals surface area (Å²) in [6.45, 7) is 5.44. The summed E-state index contributed by atoms with van der Waals surface area (Å²) in [7, 11) is 1.67. The zero-order valence-electron chi connectivity index (χ0n) is 17.0. The number of benzene rings is 2. The van der Waals surface area contributed by atoms with E-state index in [4.69, 9.17) is 4.74 Å². The zero-order chi connectivity index (χ0) is 20.2. The summed E-state index contributed by atoms with van der Waals surface area (Å²) in [5.41, 5.74) is 3.48. The number of nitrogens with one attached hydrogen (secondary N) is 1. The van der Waals surface area contributed by atoms with Crippen molar-refractivity contribution >= 4 is 16.9 Å². The maximum Gasteiger partial charge on any atom is 0.251 e. The molecule has 152 valence electrons. The van der Waals surface area contributed by atoms with E-state index in [1.807, 2.05) is 41.9 Å². The second-order valence-corrected chi connectivity index (χ2v) is 7.35. The second-order valence-electron chi connectivity index (χ2n) is 7.35. The summed E-state index contributed by atoms with van der Waals surface area (Å²) in [6, 6.07) is 13.8. The Morgan fingerprint density at radius 1 is 1.17 bits per heavy atom. The predicted octanol–water partition coefficient (Wildman–Crippen LogP) is 3.03. The summed E-state index contributed by atoms with van der Waals surface area (Å²) >= 11 is 0. The zero-order valence-corrected chi connectivity index (χ0v) is 17.0. The second kappa shape index (κ2) is 8.61. The van der Waals surface area contributed by atoms with Crippen molar-refractivity contribution in [2.24, 2.45) is 0 Å². The number of aromatic nitrogens is 3. The number of fused-ring (bicyclic) bond motifs is 1. The van der Waals surface area contributed by atoms with Crippen LogP contribution in [-0.2, 0) is 6.54 Å². The van der Waals surface area contributed by atoms with Crippen molar-refractivity contribution in [1.82, 2.24) is 25.2 Å². The lowest BCUT2D eigenvalue weighted by atomic mass is 10.0. The number of hydrogen-bond acceptors (Lipinski definition) is 5. The van der Waals surface area contributed by atoms with Crippen LogP contribution in [0.5, 0.6) is 5.75 Å². The predicted molar refractivity (Wildman–Crippen MR) is 112 cm³/mol. The fraction of sp³-hybridized carbons (Fsp3) is 0.409. The summed E-state index contributed by atoms with van der Waals surface area (Å²) in [5.74, 6) is 0.752. The molecule has 7 nitrogen and oxygen atoms in total. The van der Waals surface area contributed by atoms with E-state index in [9.17, 15) is 4.79 Å². The first kappa shape index (κ1) is 19.4. The first-order valence-corrected chi connectivity index (χ1v) is 10.2. The first-order chi connectivity index (χ1) is 14.2. The van der Waals surface area contributed by atoms with Crippen molar-refractivity contribution < 1.29 is 9.53 Å². The number of ether oxygens (including phenoxy) is 1. The SMILES string of the molecule is CCn1nnc2cc(C(=O)NCC(c3ccc(OC)cc3)N3CCCC3)ccc21. The third kappa shape index (κ3) is 4.10. The monoisotopic (exact) mass is 393 g/mol. The number of likely N-dealkylation sites (tertiary alicyclic amines) is 1. The van der Waals surface area contributed by atoms with Crippen LogP contribution in [0.15, 0.2) is 42.5 Å². The smallest absolute Gasteiger partial charge is 0.251 e. The average Bonchev–Trinajstić information content (AvgIpc) is 3.43. The van der Waals surface area contributed by atoms with Gasteiger partial charge in [-0.05, 0) is 68.8 Å². The van der Waals surface area contributed by atoms with E-state index in [1.165, 1.54) is 18.4 Å². The van der Waals surface area contributed by atoms with Crippen LogP contribution in [0, 0.1) is 0 Å². The van der Waals surface area contributed by atoms with Gasteiger partial charge in [-0.2, -0.15) is 0 Å². The number of nitrogens with zero attached hydrogens (tertiary/aromatic N) is 4. The number of hydrogen-bond donors (Lipinski definition) is 1. The fourth-order valence-corrected chi connectivity index (χ4v) is 3.98. The maximum absolute atomic E-state index is 12.8. The molecule has 0 spiro atoms. The number of carbonyl (C=O) groups is 1. The minimum atomic E-state index is -0.0874. The van der Waals surface area contributed by atoms with E-state index in [-0.39, 0.29) is 11.9 Å². The Bertz CT molecular complexity index is 977. The van der Waals surface area contributed by atoms with Crippen LogP contribution in [-0.4, -0.2) is 52.5 Å². The molecule has 1 aromatic heterocycles. The summed E-state index contributed by atoms with van der Waals surface area (Å²) < 4.78 is 7.10. The van der Waals surface area contributed by atoms with Gasteiger partial charge in [-0.3, -0.25) is 9.69 Å². The molecule has 1 N–H and O–H groups in total. The molecule has 1 saturated heterocycles. The normalized spacial score (nSPS) is 15.5. The van der Waals surface area contributed by atoms with Crippen molar-refractivity contribution in [2.75, 3.05) is 26.7 Å². The molecule has 1 aliphatic heterocycles. The lowest BCUT2D eigenvalue weighted by Crippen LogP contribution is -2.36. The molecular weight excluding hydrogens is 366 g/mol. The van der Waals surface area contributed by atoms with Crippen LogP contribution < -0.4 is 10.1 Å². The van der Waals surface area contributed by atoms with Crippen LogP contribution in [0.2, 0.25) is 0 Å². The van der Waals surface area contributed by atoms with E-state index in [0.29, 0.717) is 12.1 Å². The van der Waals surface area contributed by atoms with Gasteiger partial charge in [0, 0.05) is 18.7 Å². The van der Waals surface area contributed by atoms with Crippen LogP contribution >= 0.6 is 0 Å². The Kier molecular flexibility index (Phi) is 5.76. The van der Waals surface area contributed by atoms with Crippen LogP contribution in [0.25, 0.3) is 11.0 Å². The molecule has 3 aromatic rings. The summed E-state index contributed by atoms with van der Waals surface area (Å²) in [6.07, 6.45) is 2.40. The van der Waals surface area contributed by atoms with Gasteiger partial charge in [0.05, 0.1) is 18.7 Å². The molecule has 7 heteroatoms. The summed E-state index contributed by atoms with van der Waals surface area (Å²) in [5, 5.41) is 11.4. The minimum absolute atomic E-state index is 0.0874. The molecule has 1 unspecified atom stereocenters. The molecular formula is C22H27N5O2. The van der Waals surface area contributed by atoms with Crippen molar-refractivity contribution in [3.8, 4) is 5.75 Å². The highest BCUT2D eigenvalue weighted by Gasteiger charge is 2.24. The largest absolute Gasteiger partial charge is 0.497 e. The van der Waals surface area contributed by atoms with Gasteiger partial charge in [0.15, 0.2) is 0 Å². The molecule has 2 heterocycles. The molecule has 0 saturated carbocycles. The highest BCUT2D eigenvalue weighted by molar-refractivity contribution is 5.97. The Hall–Kier alpha value is -2.93. The molecule has 0 bridgehead atoms. The van der Waals surface area contributed by atoms with Crippen molar-refractivity contribution in [2.45, 2.75) is 32.4 Å². The van der Waals surface area contributed by atoms with Gasteiger partial charge in [0.25, 0.3) is 5.91 Å². The van der Waals surface area contributed by atoms with E-state index in [1.54, 1.807) is 7.11 Å². The van der Waals surface area contributed by atoms with Crippen molar-refractivity contribution in [1.29, 1.82) is 0 Å². The molecule has 0 radical (unpaired) electrons. The van der Waals surface area contributed by atoms with Crippen molar-refractivity contribution in [3.63, 3.8) is 0 Å². The summed E-state index contributed by atoms with van der Waals surface area (Å²) in [4.78, 5) is 15.3. The van der Waals surface area contributed by atoms with Crippen LogP contribution in [0.4, 0.5) is 0 Å². The van der Waals surface area contributed by atoms with Gasteiger partial charge < -0.3 is 10.1 Å². The molecule has 1 fully saturated rings. The highest BCUT2D eigenvalue weighted by Crippen LogP contribution is 2.26. The lowest BCUT2D eigenvalue weighted by molar-refractivity contribution is 0.0938. The van der Waals surface area contributed by atoms with Crippen molar-refractivity contribution in [3.05, 3.63) is 53.6 Å². The van der Waals surface area contributed by atoms with Gasteiger partial charge in [0.1, 0.15) is 11.3 Å². The highest BCUT2D eigenvalue weighted by atomic mass is 16.5. The van der Waals surface area contributed by atoms with E-state index >= 15 is 0 Å². The topological polar surface area (TPSA) is 72.3 Å². The lowest BCUT2D eigenvalue weighted by Gasteiger charge is -2.28. The third-order valence-corrected chi connectivity index (χ3v) is 5.61. The Balaban J connectivity index is 1.49. The Morgan fingerprint density at radius 2 is 1.93 bits per heavy atom. The van der Waals surface area contributed by atoms with E-state index < -0.39 is 0 Å². The van der Waals surface area contributed by atoms with E-state index in [0.717, 1.165) is 36.4 Å². The number of carbonyl (C=O) groups excluding carboxylic acids is 1. The molecule has 4 rings (SSSR count). The van der Waals surface area contributed by atoms with Gasteiger partial charge in [-0.1, -0.05) is 17.3 Å². The fourth-order valence-electron chi connectivity index (χ4n) is 3.98. The van der Waals surface area contributed by atoms with Gasteiger partial charge in [0.2, 0.25) is 0 Å². The minimum Gasteiger partial charge on any atom is -0.497 e. The Labute approximate surface area is 170 Å². The number of amides is 1. The van der Waals surface area contributed by atoms with Gasteiger partial charge in [-0.15, -0.1) is 5.10 Å². The third-order valence-electron chi connectivity index (χ3n) is 5.61. The number of methoxy groups -OCH3 is 1. The van der Waals surface area contributed by atoms with Gasteiger partial charge in [-0.25, -0.2) is 4.68 Å².